The van der Waals surface area contributed by atoms with E-state index in [1.54, 1.807) is 0 Å². The molecule has 0 aliphatic rings. The van der Waals surface area contributed by atoms with Crippen LogP contribution in [0.25, 0.3) is 0 Å². The summed E-state index contributed by atoms with van der Waals surface area (Å²) >= 11 is 0. The molecule has 0 saturated carbocycles. The van der Waals surface area contributed by atoms with Crippen molar-refractivity contribution >= 4 is 11.6 Å². The van der Waals surface area contributed by atoms with Crippen LogP contribution >= 0.6 is 0 Å². The highest BCUT2D eigenvalue weighted by atomic mass is 16.5. The lowest BCUT2D eigenvalue weighted by atomic mass is 9.98. The van der Waals surface area contributed by atoms with E-state index in [0.29, 0.717) is 23.6 Å². The summed E-state index contributed by atoms with van der Waals surface area (Å²) in [6.45, 7) is 4.74. The smallest absolute Gasteiger partial charge is 0.259 e. The van der Waals surface area contributed by atoms with Crippen molar-refractivity contribution in [3.05, 3.63) is 59.2 Å². The van der Waals surface area contributed by atoms with E-state index in [1.165, 1.54) is 77.0 Å². The zero-order chi connectivity index (χ0) is 25.1. The van der Waals surface area contributed by atoms with Crippen molar-refractivity contribution < 1.29 is 9.53 Å². The molecule has 2 aromatic rings. The summed E-state index contributed by atoms with van der Waals surface area (Å²) < 4.78 is 5.81. The van der Waals surface area contributed by atoms with Gasteiger partial charge in [-0.25, -0.2) is 0 Å². The third-order valence-electron chi connectivity index (χ3n) is 6.48. The predicted molar refractivity (Wildman–Crippen MR) is 149 cm³/mol. The zero-order valence-corrected chi connectivity index (χ0v) is 22.0. The average Bonchev–Trinajstić information content (AvgIpc) is 2.87. The van der Waals surface area contributed by atoms with Crippen molar-refractivity contribution in [2.24, 2.45) is 0 Å². The minimum absolute atomic E-state index is 0.145. The molecule has 0 atom stereocenters. The van der Waals surface area contributed by atoms with E-state index < -0.39 is 0 Å². The molecule has 3 nitrogen and oxygen atoms in total. The third kappa shape index (κ3) is 11.0. The topological polar surface area (TPSA) is 38.3 Å². The van der Waals surface area contributed by atoms with Gasteiger partial charge in [0.25, 0.3) is 5.91 Å². The van der Waals surface area contributed by atoms with E-state index in [2.05, 4.69) is 24.2 Å². The van der Waals surface area contributed by atoms with Crippen molar-refractivity contribution in [2.45, 2.75) is 104 Å². The Bertz CT molecular complexity index is 912. The van der Waals surface area contributed by atoms with Crippen molar-refractivity contribution in [1.82, 2.24) is 0 Å². The number of hydrogen-bond acceptors (Lipinski definition) is 2. The third-order valence-corrected chi connectivity index (χ3v) is 6.48. The molecule has 0 heterocycles. The zero-order valence-electron chi connectivity index (χ0n) is 22.0. The van der Waals surface area contributed by atoms with Gasteiger partial charge in [0.15, 0.2) is 0 Å². The summed E-state index contributed by atoms with van der Waals surface area (Å²) in [6.07, 6.45) is 23.7. The number of rotatable bonds is 18. The van der Waals surface area contributed by atoms with Gasteiger partial charge >= 0.3 is 0 Å². The number of carbonyl (C=O) groups excluding carboxylic acids is 1. The first kappa shape index (κ1) is 28.5. The second-order valence-corrected chi connectivity index (χ2v) is 9.40. The van der Waals surface area contributed by atoms with Crippen molar-refractivity contribution in [1.29, 1.82) is 0 Å². The molecular formula is C32H45NO2. The number of carbonyl (C=O) groups is 1. The number of amides is 1. The van der Waals surface area contributed by atoms with Crippen LogP contribution in [-0.4, -0.2) is 12.5 Å². The van der Waals surface area contributed by atoms with Gasteiger partial charge in [-0.2, -0.15) is 0 Å². The van der Waals surface area contributed by atoms with Crippen molar-refractivity contribution in [3.63, 3.8) is 0 Å². The number of anilines is 1. The van der Waals surface area contributed by atoms with E-state index in [-0.39, 0.29) is 5.91 Å². The maximum absolute atomic E-state index is 13.2. The van der Waals surface area contributed by atoms with Crippen molar-refractivity contribution in [2.75, 3.05) is 11.9 Å². The van der Waals surface area contributed by atoms with Crippen LogP contribution in [0.1, 0.15) is 119 Å². The molecule has 35 heavy (non-hydrogen) atoms. The van der Waals surface area contributed by atoms with E-state index in [9.17, 15) is 4.79 Å². The molecule has 2 rings (SSSR count). The number of unbranched alkanes of at least 4 members (excludes halogenated alkanes) is 12. The van der Waals surface area contributed by atoms with Gasteiger partial charge in [0.2, 0.25) is 0 Å². The van der Waals surface area contributed by atoms with Gasteiger partial charge in [-0.1, -0.05) is 108 Å². The fourth-order valence-corrected chi connectivity index (χ4v) is 4.53. The Morgan fingerprint density at radius 3 is 2.03 bits per heavy atom. The highest BCUT2D eigenvalue weighted by Gasteiger charge is 2.17. The molecule has 3 heteroatoms. The lowest BCUT2D eigenvalue weighted by Crippen LogP contribution is -2.16. The van der Waals surface area contributed by atoms with Crippen LogP contribution < -0.4 is 10.1 Å². The van der Waals surface area contributed by atoms with Crippen LogP contribution in [0.15, 0.2) is 42.5 Å². The first-order valence-electron chi connectivity index (χ1n) is 13.8. The number of hydrogen-bond donors (Lipinski definition) is 1. The minimum atomic E-state index is -0.145. The first-order valence-corrected chi connectivity index (χ1v) is 13.8. The molecule has 0 bridgehead atoms. The van der Waals surface area contributed by atoms with E-state index in [4.69, 9.17) is 11.2 Å². The number of aryl methyl sites for hydroxylation is 1. The van der Waals surface area contributed by atoms with Gasteiger partial charge in [0.1, 0.15) is 5.75 Å². The Labute approximate surface area is 214 Å². The van der Waals surface area contributed by atoms with Crippen LogP contribution in [0.4, 0.5) is 5.69 Å². The fraction of sp³-hybridized carbons (Fsp3) is 0.531. The molecule has 0 saturated heterocycles. The number of benzene rings is 2. The maximum Gasteiger partial charge on any atom is 0.259 e. The molecule has 0 unspecified atom stereocenters. The predicted octanol–water partition coefficient (Wildman–Crippen LogP) is 8.95. The van der Waals surface area contributed by atoms with E-state index >= 15 is 0 Å². The standard InChI is InChI=1S/C32H45NO2/c1-4-7-8-9-10-11-12-13-14-15-16-17-18-22-28-23-20-25-30(35-6-3)31(28)32(34)33-29-24-19-21-27(5-2)26-29/h2,19-21,23-26H,4,6-18,22H2,1,3H3,(H,33,34). The highest BCUT2D eigenvalue weighted by molar-refractivity contribution is 6.07. The molecule has 0 spiro atoms. The Balaban J connectivity index is 1.78. The number of ether oxygens (including phenoxy) is 1. The van der Waals surface area contributed by atoms with E-state index in [1.807, 2.05) is 43.3 Å². The monoisotopic (exact) mass is 475 g/mol. The molecule has 1 amide bonds. The second kappa shape index (κ2) is 17.7. The molecule has 0 aliphatic carbocycles. The Morgan fingerprint density at radius 1 is 0.829 bits per heavy atom. The van der Waals surface area contributed by atoms with Crippen molar-refractivity contribution in [3.8, 4) is 18.1 Å². The number of nitrogens with one attached hydrogen (secondary N) is 1. The first-order chi connectivity index (χ1) is 17.2. The summed E-state index contributed by atoms with van der Waals surface area (Å²) in [5, 5.41) is 3.01. The summed E-state index contributed by atoms with van der Waals surface area (Å²) in [6, 6.07) is 13.3. The average molecular weight is 476 g/mol. The summed E-state index contributed by atoms with van der Waals surface area (Å²) in [4.78, 5) is 13.2. The normalized spacial score (nSPS) is 10.7. The maximum atomic E-state index is 13.2. The van der Waals surface area contributed by atoms with Crippen LogP contribution in [0.3, 0.4) is 0 Å². The molecular weight excluding hydrogens is 430 g/mol. The largest absolute Gasteiger partial charge is 0.493 e. The molecule has 2 aromatic carbocycles. The Kier molecular flexibility index (Phi) is 14.4. The molecule has 0 aliphatic heterocycles. The Hall–Kier alpha value is -2.73. The fourth-order valence-electron chi connectivity index (χ4n) is 4.53. The lowest BCUT2D eigenvalue weighted by molar-refractivity contribution is 0.102. The SMILES string of the molecule is C#Cc1cccc(NC(=O)c2c(CCCCCCCCCCCCCCC)cccc2OCC)c1. The summed E-state index contributed by atoms with van der Waals surface area (Å²) in [5.41, 5.74) is 3.13. The minimum Gasteiger partial charge on any atom is -0.493 e. The highest BCUT2D eigenvalue weighted by Crippen LogP contribution is 2.26. The molecule has 0 radical (unpaired) electrons. The van der Waals surface area contributed by atoms with Gasteiger partial charge < -0.3 is 10.1 Å². The van der Waals surface area contributed by atoms with Crippen LogP contribution in [0, 0.1) is 12.3 Å². The molecule has 190 valence electrons. The van der Waals surface area contributed by atoms with Gasteiger partial charge in [-0.15, -0.1) is 6.42 Å². The molecule has 0 aromatic heterocycles. The summed E-state index contributed by atoms with van der Waals surface area (Å²) in [7, 11) is 0. The van der Waals surface area contributed by atoms with E-state index in [0.717, 1.165) is 24.0 Å². The van der Waals surface area contributed by atoms with Gasteiger partial charge in [-0.05, 0) is 49.6 Å². The quantitative estimate of drug-likeness (QED) is 0.173. The van der Waals surface area contributed by atoms with Gasteiger partial charge in [0, 0.05) is 11.3 Å². The van der Waals surface area contributed by atoms with Crippen LogP contribution in [0.2, 0.25) is 0 Å². The lowest BCUT2D eigenvalue weighted by Gasteiger charge is -2.15. The van der Waals surface area contributed by atoms with Crippen LogP contribution in [-0.2, 0) is 6.42 Å². The second-order valence-electron chi connectivity index (χ2n) is 9.40. The summed E-state index contributed by atoms with van der Waals surface area (Å²) in [5.74, 6) is 3.11. The Morgan fingerprint density at radius 2 is 1.43 bits per heavy atom. The van der Waals surface area contributed by atoms with Gasteiger partial charge in [0.05, 0.1) is 12.2 Å². The molecule has 0 fully saturated rings. The number of terminal acetylenes is 1. The van der Waals surface area contributed by atoms with Gasteiger partial charge in [-0.3, -0.25) is 4.79 Å². The molecule has 1 N–H and O–H groups in total. The van der Waals surface area contributed by atoms with Crippen LogP contribution in [0.5, 0.6) is 5.75 Å².